The third kappa shape index (κ3) is 10.4. The summed E-state index contributed by atoms with van der Waals surface area (Å²) in [5.74, 6) is 2.43. The van der Waals surface area contributed by atoms with Gasteiger partial charge in [-0.15, -0.1) is 0 Å². The lowest BCUT2D eigenvalue weighted by atomic mass is 10.0. The van der Waals surface area contributed by atoms with Crippen LogP contribution in [0.4, 0.5) is 0 Å². The number of aryl methyl sites for hydroxylation is 1. The summed E-state index contributed by atoms with van der Waals surface area (Å²) in [4.78, 5) is 4.97. The van der Waals surface area contributed by atoms with E-state index in [-0.39, 0.29) is 0 Å². The quantitative estimate of drug-likeness (QED) is 0.249. The van der Waals surface area contributed by atoms with Crippen LogP contribution >= 0.6 is 0 Å². The largest absolute Gasteiger partial charge is 0.334 e. The number of nitrogens with zero attached hydrogens (tertiary/aromatic N) is 2. The monoisotopic (exact) mass is 376 g/mol. The maximum absolute atomic E-state index is 4.97. The van der Waals surface area contributed by atoms with Crippen LogP contribution in [0.15, 0.2) is 6.20 Å². The fourth-order valence-corrected chi connectivity index (χ4v) is 3.99. The summed E-state index contributed by atoms with van der Waals surface area (Å²) in [7, 11) is 0. The molecule has 0 aliphatic carbocycles. The molecule has 0 aromatic carbocycles. The van der Waals surface area contributed by atoms with E-state index < -0.39 is 0 Å². The molecule has 1 heterocycles. The van der Waals surface area contributed by atoms with Crippen molar-refractivity contribution in [2.75, 3.05) is 0 Å². The first-order valence-electron chi connectivity index (χ1n) is 12.2. The predicted molar refractivity (Wildman–Crippen MR) is 121 cm³/mol. The van der Waals surface area contributed by atoms with Crippen LogP contribution in [0.1, 0.15) is 148 Å². The minimum atomic E-state index is 0.529. The van der Waals surface area contributed by atoms with E-state index in [0.29, 0.717) is 11.8 Å². The molecule has 0 saturated carbocycles. The van der Waals surface area contributed by atoms with E-state index >= 15 is 0 Å². The molecule has 0 bridgehead atoms. The molecule has 1 rings (SSSR count). The summed E-state index contributed by atoms with van der Waals surface area (Å²) in [6.07, 6.45) is 21.8. The van der Waals surface area contributed by atoms with Gasteiger partial charge in [0.25, 0.3) is 0 Å². The Labute approximate surface area is 170 Å². The van der Waals surface area contributed by atoms with E-state index in [1.54, 1.807) is 0 Å². The summed E-state index contributed by atoms with van der Waals surface area (Å²) in [5.41, 5.74) is 1.27. The smallest absolute Gasteiger partial charge is 0.111 e. The highest BCUT2D eigenvalue weighted by molar-refractivity contribution is 5.11. The molecule has 1 unspecified atom stereocenters. The molecule has 0 aliphatic rings. The van der Waals surface area contributed by atoms with Crippen LogP contribution in [0.5, 0.6) is 0 Å². The van der Waals surface area contributed by atoms with E-state index in [1.165, 1.54) is 101 Å². The Bertz CT molecular complexity index is 461. The minimum Gasteiger partial charge on any atom is -0.334 e. The SMILES string of the molecule is CCCCCCCCCCCCCCn1cc(C(C)C)nc1C(C)CCC. The Balaban J connectivity index is 2.18. The molecule has 0 aliphatic heterocycles. The van der Waals surface area contributed by atoms with Crippen LogP contribution in [-0.2, 0) is 6.54 Å². The fraction of sp³-hybridized carbons (Fsp3) is 0.880. The number of hydrogen-bond acceptors (Lipinski definition) is 1. The van der Waals surface area contributed by atoms with Gasteiger partial charge in [0.15, 0.2) is 0 Å². The highest BCUT2D eigenvalue weighted by atomic mass is 15.1. The molecular weight excluding hydrogens is 328 g/mol. The van der Waals surface area contributed by atoms with Crippen LogP contribution in [0.3, 0.4) is 0 Å². The zero-order valence-corrected chi connectivity index (χ0v) is 19.2. The number of hydrogen-bond donors (Lipinski definition) is 0. The first kappa shape index (κ1) is 24.2. The van der Waals surface area contributed by atoms with Crippen molar-refractivity contribution >= 4 is 0 Å². The maximum atomic E-state index is 4.97. The van der Waals surface area contributed by atoms with Gasteiger partial charge in [-0.2, -0.15) is 0 Å². The third-order valence-electron chi connectivity index (χ3n) is 5.83. The molecule has 0 N–H and O–H groups in total. The van der Waals surface area contributed by atoms with E-state index in [0.717, 1.165) is 6.54 Å². The molecule has 158 valence electrons. The molecule has 0 saturated heterocycles. The molecule has 2 heteroatoms. The van der Waals surface area contributed by atoms with Gasteiger partial charge in [0.05, 0.1) is 5.69 Å². The number of imidazole rings is 1. The molecular formula is C25H48N2. The Kier molecular flexibility index (Phi) is 13.6. The predicted octanol–water partition coefficient (Wildman–Crippen LogP) is 8.61. The van der Waals surface area contributed by atoms with E-state index in [9.17, 15) is 0 Å². The van der Waals surface area contributed by atoms with Crippen molar-refractivity contribution in [3.8, 4) is 0 Å². The molecule has 0 amide bonds. The molecule has 1 atom stereocenters. The summed E-state index contributed by atoms with van der Waals surface area (Å²) >= 11 is 0. The van der Waals surface area contributed by atoms with Gasteiger partial charge in [0.1, 0.15) is 5.82 Å². The highest BCUT2D eigenvalue weighted by Crippen LogP contribution is 2.24. The average Bonchev–Trinajstić information content (AvgIpc) is 3.07. The van der Waals surface area contributed by atoms with Crippen molar-refractivity contribution < 1.29 is 0 Å². The Hall–Kier alpha value is -0.790. The Morgan fingerprint density at radius 2 is 1.26 bits per heavy atom. The topological polar surface area (TPSA) is 17.8 Å². The molecule has 2 nitrogen and oxygen atoms in total. The summed E-state index contributed by atoms with van der Waals surface area (Å²) in [6, 6.07) is 0. The van der Waals surface area contributed by atoms with Crippen molar-refractivity contribution in [3.05, 3.63) is 17.7 Å². The zero-order chi connectivity index (χ0) is 19.9. The normalized spacial score (nSPS) is 12.8. The van der Waals surface area contributed by atoms with Gasteiger partial charge >= 0.3 is 0 Å². The second-order valence-electron chi connectivity index (χ2n) is 8.95. The van der Waals surface area contributed by atoms with Gasteiger partial charge in [-0.25, -0.2) is 4.98 Å². The lowest BCUT2D eigenvalue weighted by Gasteiger charge is -2.13. The van der Waals surface area contributed by atoms with Crippen molar-refractivity contribution in [2.24, 2.45) is 0 Å². The lowest BCUT2D eigenvalue weighted by Crippen LogP contribution is -2.07. The first-order valence-corrected chi connectivity index (χ1v) is 12.2. The van der Waals surface area contributed by atoms with Crippen molar-refractivity contribution in [3.63, 3.8) is 0 Å². The molecule has 1 aromatic heterocycles. The van der Waals surface area contributed by atoms with Crippen LogP contribution in [0.25, 0.3) is 0 Å². The second-order valence-corrected chi connectivity index (χ2v) is 8.95. The van der Waals surface area contributed by atoms with E-state index in [2.05, 4.69) is 45.4 Å². The van der Waals surface area contributed by atoms with Crippen LogP contribution in [0, 0.1) is 0 Å². The third-order valence-corrected chi connectivity index (χ3v) is 5.83. The fourth-order valence-electron chi connectivity index (χ4n) is 3.99. The van der Waals surface area contributed by atoms with E-state index in [4.69, 9.17) is 4.98 Å². The number of aromatic nitrogens is 2. The summed E-state index contributed by atoms with van der Waals surface area (Å²) in [6.45, 7) is 12.6. The molecule has 0 spiro atoms. The lowest BCUT2D eigenvalue weighted by molar-refractivity contribution is 0.510. The van der Waals surface area contributed by atoms with Gasteiger partial charge in [0, 0.05) is 18.7 Å². The van der Waals surface area contributed by atoms with Crippen LogP contribution in [0.2, 0.25) is 0 Å². The summed E-state index contributed by atoms with van der Waals surface area (Å²) in [5, 5.41) is 0. The zero-order valence-electron chi connectivity index (χ0n) is 19.2. The number of unbranched alkanes of at least 4 members (excludes halogenated alkanes) is 11. The van der Waals surface area contributed by atoms with Gasteiger partial charge in [-0.05, 0) is 18.8 Å². The standard InChI is InChI=1S/C25H48N2/c1-6-8-9-10-11-12-13-14-15-16-17-18-20-27-21-24(22(3)4)26-25(27)23(5)19-7-2/h21-23H,6-20H2,1-5H3. The number of rotatable bonds is 17. The van der Waals surface area contributed by atoms with Crippen molar-refractivity contribution in [1.82, 2.24) is 9.55 Å². The highest BCUT2D eigenvalue weighted by Gasteiger charge is 2.15. The van der Waals surface area contributed by atoms with Gasteiger partial charge < -0.3 is 4.57 Å². The van der Waals surface area contributed by atoms with Crippen LogP contribution < -0.4 is 0 Å². The molecule has 0 radical (unpaired) electrons. The minimum absolute atomic E-state index is 0.529. The van der Waals surface area contributed by atoms with Gasteiger partial charge in [-0.1, -0.05) is 112 Å². The van der Waals surface area contributed by atoms with Crippen LogP contribution in [-0.4, -0.2) is 9.55 Å². The van der Waals surface area contributed by atoms with Crippen molar-refractivity contribution in [2.45, 2.75) is 143 Å². The van der Waals surface area contributed by atoms with Crippen molar-refractivity contribution in [1.29, 1.82) is 0 Å². The Morgan fingerprint density at radius 1 is 0.741 bits per heavy atom. The second kappa shape index (κ2) is 15.2. The van der Waals surface area contributed by atoms with Gasteiger partial charge in [0.2, 0.25) is 0 Å². The molecule has 27 heavy (non-hydrogen) atoms. The Morgan fingerprint density at radius 3 is 1.74 bits per heavy atom. The maximum Gasteiger partial charge on any atom is 0.111 e. The molecule has 0 fully saturated rings. The van der Waals surface area contributed by atoms with E-state index in [1.807, 2.05) is 0 Å². The van der Waals surface area contributed by atoms with Gasteiger partial charge in [-0.3, -0.25) is 0 Å². The average molecular weight is 377 g/mol. The summed E-state index contributed by atoms with van der Waals surface area (Å²) < 4.78 is 2.46. The molecule has 1 aromatic rings. The first-order chi connectivity index (χ1) is 13.1.